The van der Waals surface area contributed by atoms with Gasteiger partial charge in [0.2, 0.25) is 0 Å². The summed E-state index contributed by atoms with van der Waals surface area (Å²) in [6, 6.07) is 8.08. The fourth-order valence-electron chi connectivity index (χ4n) is 2.57. The van der Waals surface area contributed by atoms with Gasteiger partial charge in [-0.2, -0.15) is 0 Å². The molecule has 0 N–H and O–H groups in total. The van der Waals surface area contributed by atoms with Gasteiger partial charge in [0, 0.05) is 4.47 Å². The molecule has 0 aromatic heterocycles. The number of hydrogen-bond acceptors (Lipinski definition) is 1. The Kier molecular flexibility index (Phi) is 10.7. The normalized spacial score (nSPS) is 12.3. The zero-order valence-electron chi connectivity index (χ0n) is 13.7. The zero-order chi connectivity index (χ0) is 15.3. The molecule has 0 saturated carbocycles. The molecule has 120 valence electrons. The van der Waals surface area contributed by atoms with E-state index in [0.717, 1.165) is 29.2 Å². The SMILES string of the molecule is CCCCCCCC[C@H](C)CCCOc1ccc(Br)cc1. The average molecular weight is 355 g/mol. The van der Waals surface area contributed by atoms with Crippen molar-refractivity contribution in [2.75, 3.05) is 6.61 Å². The summed E-state index contributed by atoms with van der Waals surface area (Å²) in [4.78, 5) is 0. The number of hydrogen-bond donors (Lipinski definition) is 0. The van der Waals surface area contributed by atoms with Crippen LogP contribution in [0, 0.1) is 5.92 Å². The topological polar surface area (TPSA) is 9.23 Å². The van der Waals surface area contributed by atoms with E-state index in [2.05, 4.69) is 29.8 Å². The van der Waals surface area contributed by atoms with E-state index in [-0.39, 0.29) is 0 Å². The molecule has 0 aliphatic carbocycles. The summed E-state index contributed by atoms with van der Waals surface area (Å²) >= 11 is 3.43. The third kappa shape index (κ3) is 9.95. The zero-order valence-corrected chi connectivity index (χ0v) is 15.3. The van der Waals surface area contributed by atoms with E-state index >= 15 is 0 Å². The van der Waals surface area contributed by atoms with Gasteiger partial charge in [0.25, 0.3) is 0 Å². The van der Waals surface area contributed by atoms with Gasteiger partial charge >= 0.3 is 0 Å². The van der Waals surface area contributed by atoms with Crippen LogP contribution in [0.15, 0.2) is 28.7 Å². The summed E-state index contributed by atoms with van der Waals surface area (Å²) in [6.07, 6.45) is 12.2. The molecule has 1 nitrogen and oxygen atoms in total. The highest BCUT2D eigenvalue weighted by Gasteiger charge is 2.02. The van der Waals surface area contributed by atoms with E-state index < -0.39 is 0 Å². The predicted molar refractivity (Wildman–Crippen MR) is 96.0 cm³/mol. The molecular weight excluding hydrogens is 324 g/mol. The molecular formula is C19H31BrO. The average Bonchev–Trinajstić information content (AvgIpc) is 2.49. The van der Waals surface area contributed by atoms with Gasteiger partial charge in [-0.25, -0.2) is 0 Å². The quantitative estimate of drug-likeness (QED) is 0.367. The minimum absolute atomic E-state index is 0.836. The van der Waals surface area contributed by atoms with Gasteiger partial charge in [0.15, 0.2) is 0 Å². The first-order valence-corrected chi connectivity index (χ1v) is 9.40. The maximum absolute atomic E-state index is 5.76. The molecule has 0 unspecified atom stereocenters. The van der Waals surface area contributed by atoms with Gasteiger partial charge in [-0.1, -0.05) is 74.7 Å². The fourth-order valence-corrected chi connectivity index (χ4v) is 2.83. The van der Waals surface area contributed by atoms with Gasteiger partial charge in [0.1, 0.15) is 5.75 Å². The van der Waals surface area contributed by atoms with Gasteiger partial charge in [0.05, 0.1) is 6.61 Å². The van der Waals surface area contributed by atoms with Crippen molar-refractivity contribution in [3.8, 4) is 5.75 Å². The van der Waals surface area contributed by atoms with Crippen molar-refractivity contribution in [1.82, 2.24) is 0 Å². The van der Waals surface area contributed by atoms with Crippen LogP contribution in [0.2, 0.25) is 0 Å². The molecule has 0 fully saturated rings. The summed E-state index contributed by atoms with van der Waals surface area (Å²) in [6.45, 7) is 5.49. The Morgan fingerprint density at radius 2 is 1.52 bits per heavy atom. The van der Waals surface area contributed by atoms with Crippen molar-refractivity contribution in [3.63, 3.8) is 0 Å². The van der Waals surface area contributed by atoms with Crippen LogP contribution in [0.1, 0.15) is 71.6 Å². The fraction of sp³-hybridized carbons (Fsp3) is 0.684. The van der Waals surface area contributed by atoms with Gasteiger partial charge in [-0.05, 0) is 43.0 Å². The maximum Gasteiger partial charge on any atom is 0.119 e. The molecule has 2 heteroatoms. The molecule has 0 radical (unpaired) electrons. The predicted octanol–water partition coefficient (Wildman–Crippen LogP) is 6.99. The Balaban J connectivity index is 1.95. The second kappa shape index (κ2) is 12.1. The molecule has 0 bridgehead atoms. The highest BCUT2D eigenvalue weighted by atomic mass is 79.9. The Morgan fingerprint density at radius 3 is 2.24 bits per heavy atom. The second-order valence-corrected chi connectivity index (χ2v) is 7.02. The largest absolute Gasteiger partial charge is 0.494 e. The molecule has 0 spiro atoms. The highest BCUT2D eigenvalue weighted by Crippen LogP contribution is 2.18. The maximum atomic E-state index is 5.76. The first kappa shape index (κ1) is 18.5. The first-order chi connectivity index (χ1) is 10.2. The molecule has 0 saturated heterocycles. The lowest BCUT2D eigenvalue weighted by atomic mass is 9.98. The number of benzene rings is 1. The van der Waals surface area contributed by atoms with E-state index in [1.54, 1.807) is 0 Å². The molecule has 1 rings (SSSR count). The third-order valence-corrected chi connectivity index (χ3v) is 4.50. The van der Waals surface area contributed by atoms with Crippen molar-refractivity contribution in [2.24, 2.45) is 5.92 Å². The van der Waals surface area contributed by atoms with Crippen LogP contribution >= 0.6 is 15.9 Å². The molecule has 1 atom stereocenters. The standard InChI is InChI=1S/C19H31BrO/c1-3-4-5-6-7-8-10-17(2)11-9-16-21-19-14-12-18(20)13-15-19/h12-15,17H,3-11,16H2,1-2H3/t17-/m0/s1. The molecule has 0 amide bonds. The number of rotatable bonds is 12. The van der Waals surface area contributed by atoms with Crippen LogP contribution in [-0.2, 0) is 0 Å². The van der Waals surface area contributed by atoms with E-state index in [0.29, 0.717) is 0 Å². The van der Waals surface area contributed by atoms with E-state index in [1.807, 2.05) is 24.3 Å². The molecule has 1 aromatic carbocycles. The Labute approximate surface area is 139 Å². The van der Waals surface area contributed by atoms with Crippen LogP contribution in [0.5, 0.6) is 5.75 Å². The second-order valence-electron chi connectivity index (χ2n) is 6.11. The summed E-state index contributed by atoms with van der Waals surface area (Å²) in [7, 11) is 0. The Bertz CT molecular complexity index is 347. The van der Waals surface area contributed by atoms with Crippen LogP contribution in [0.25, 0.3) is 0 Å². The van der Waals surface area contributed by atoms with Crippen molar-refractivity contribution >= 4 is 15.9 Å². The van der Waals surface area contributed by atoms with E-state index in [4.69, 9.17) is 4.74 Å². The minimum atomic E-state index is 0.836. The summed E-state index contributed by atoms with van der Waals surface area (Å²) in [5.74, 6) is 1.81. The van der Waals surface area contributed by atoms with Crippen molar-refractivity contribution in [2.45, 2.75) is 71.6 Å². The van der Waals surface area contributed by atoms with Crippen LogP contribution in [-0.4, -0.2) is 6.61 Å². The van der Waals surface area contributed by atoms with Gasteiger partial charge < -0.3 is 4.74 Å². The van der Waals surface area contributed by atoms with Gasteiger partial charge in [-0.3, -0.25) is 0 Å². The summed E-state index contributed by atoms with van der Waals surface area (Å²) in [5.41, 5.74) is 0. The lowest BCUT2D eigenvalue weighted by Gasteiger charge is -2.12. The minimum Gasteiger partial charge on any atom is -0.494 e. The van der Waals surface area contributed by atoms with Crippen molar-refractivity contribution in [1.29, 1.82) is 0 Å². The number of ether oxygens (including phenoxy) is 1. The highest BCUT2D eigenvalue weighted by molar-refractivity contribution is 9.10. The first-order valence-electron chi connectivity index (χ1n) is 8.60. The number of halogens is 1. The van der Waals surface area contributed by atoms with Crippen LogP contribution < -0.4 is 4.74 Å². The summed E-state index contributed by atoms with van der Waals surface area (Å²) in [5, 5.41) is 0. The Morgan fingerprint density at radius 1 is 0.905 bits per heavy atom. The number of unbranched alkanes of at least 4 members (excludes halogenated alkanes) is 5. The summed E-state index contributed by atoms with van der Waals surface area (Å²) < 4.78 is 6.86. The van der Waals surface area contributed by atoms with Crippen LogP contribution in [0.3, 0.4) is 0 Å². The van der Waals surface area contributed by atoms with Crippen molar-refractivity contribution in [3.05, 3.63) is 28.7 Å². The molecule has 0 aliphatic heterocycles. The molecule has 21 heavy (non-hydrogen) atoms. The lowest BCUT2D eigenvalue weighted by molar-refractivity contribution is 0.291. The Hall–Kier alpha value is -0.500. The molecule has 0 heterocycles. The molecule has 0 aliphatic rings. The smallest absolute Gasteiger partial charge is 0.119 e. The van der Waals surface area contributed by atoms with E-state index in [1.165, 1.54) is 51.4 Å². The van der Waals surface area contributed by atoms with Crippen LogP contribution in [0.4, 0.5) is 0 Å². The lowest BCUT2D eigenvalue weighted by Crippen LogP contribution is -2.01. The van der Waals surface area contributed by atoms with Crippen molar-refractivity contribution < 1.29 is 4.74 Å². The molecule has 1 aromatic rings. The third-order valence-electron chi connectivity index (χ3n) is 3.97. The van der Waals surface area contributed by atoms with E-state index in [9.17, 15) is 0 Å². The van der Waals surface area contributed by atoms with Gasteiger partial charge in [-0.15, -0.1) is 0 Å². The monoisotopic (exact) mass is 354 g/mol.